The highest BCUT2D eigenvalue weighted by atomic mass is 35.5. The molecule has 1 aromatic carbocycles. The topological polar surface area (TPSA) is 41.6 Å². The first kappa shape index (κ1) is 17.1. The van der Waals surface area contributed by atoms with Crippen molar-refractivity contribution in [2.45, 2.75) is 30.7 Å². The molecule has 0 aromatic heterocycles. The predicted molar refractivity (Wildman–Crippen MR) is 95.0 cm³/mol. The second-order valence-electron chi connectivity index (χ2n) is 6.11. The maximum absolute atomic E-state index is 12.2. The summed E-state index contributed by atoms with van der Waals surface area (Å²) in [6.45, 7) is 3.61. The molecule has 2 atom stereocenters. The highest BCUT2D eigenvalue weighted by Crippen LogP contribution is 2.21. The average molecular weight is 355 g/mol. The SMILES string of the molecule is O=C(CSCc1ccccc1Cl)N[C@@H]1COC[C@H]1N1CCCC1. The van der Waals surface area contributed by atoms with Gasteiger partial charge >= 0.3 is 0 Å². The van der Waals surface area contributed by atoms with Crippen LogP contribution in [0.1, 0.15) is 18.4 Å². The van der Waals surface area contributed by atoms with Crippen LogP contribution in [0.5, 0.6) is 0 Å². The first-order chi connectivity index (χ1) is 11.2. The number of carbonyl (C=O) groups excluding carboxylic acids is 1. The first-order valence-corrected chi connectivity index (χ1v) is 9.69. The monoisotopic (exact) mass is 354 g/mol. The molecule has 0 saturated carbocycles. The van der Waals surface area contributed by atoms with Crippen molar-refractivity contribution in [3.8, 4) is 0 Å². The van der Waals surface area contributed by atoms with Crippen LogP contribution in [0.3, 0.4) is 0 Å². The molecule has 3 rings (SSSR count). The van der Waals surface area contributed by atoms with Crippen molar-refractivity contribution in [2.75, 3.05) is 32.1 Å². The minimum absolute atomic E-state index is 0.0850. The van der Waals surface area contributed by atoms with Crippen molar-refractivity contribution >= 4 is 29.3 Å². The molecule has 1 amide bonds. The third-order valence-corrected chi connectivity index (χ3v) is 5.81. The van der Waals surface area contributed by atoms with E-state index >= 15 is 0 Å². The number of thioether (sulfide) groups is 1. The van der Waals surface area contributed by atoms with E-state index in [1.807, 2.05) is 24.3 Å². The number of halogens is 1. The summed E-state index contributed by atoms with van der Waals surface area (Å²) in [6, 6.07) is 8.24. The molecule has 1 N–H and O–H groups in total. The molecule has 0 spiro atoms. The van der Waals surface area contributed by atoms with Gasteiger partial charge in [-0.2, -0.15) is 0 Å². The Hall–Kier alpha value is -0.750. The molecular formula is C17H23ClN2O2S. The number of rotatable bonds is 6. The highest BCUT2D eigenvalue weighted by Gasteiger charge is 2.35. The van der Waals surface area contributed by atoms with Gasteiger partial charge in [0.1, 0.15) is 0 Å². The third-order valence-electron chi connectivity index (χ3n) is 4.46. The maximum atomic E-state index is 12.2. The first-order valence-electron chi connectivity index (χ1n) is 8.16. The van der Waals surface area contributed by atoms with Gasteiger partial charge in [0.15, 0.2) is 0 Å². The molecule has 0 radical (unpaired) electrons. The number of nitrogens with one attached hydrogen (secondary N) is 1. The van der Waals surface area contributed by atoms with E-state index in [0.717, 1.165) is 36.0 Å². The van der Waals surface area contributed by atoms with Gasteiger partial charge in [0, 0.05) is 10.8 Å². The Morgan fingerprint density at radius 3 is 2.87 bits per heavy atom. The molecule has 1 aromatic rings. The second-order valence-corrected chi connectivity index (χ2v) is 7.50. The Morgan fingerprint density at radius 2 is 2.09 bits per heavy atom. The molecule has 23 heavy (non-hydrogen) atoms. The maximum Gasteiger partial charge on any atom is 0.230 e. The zero-order chi connectivity index (χ0) is 16.1. The van der Waals surface area contributed by atoms with E-state index in [-0.39, 0.29) is 11.9 Å². The fourth-order valence-electron chi connectivity index (χ4n) is 3.23. The fourth-order valence-corrected chi connectivity index (χ4v) is 4.36. The Kier molecular flexibility index (Phi) is 6.22. The van der Waals surface area contributed by atoms with Crippen LogP contribution < -0.4 is 5.32 Å². The van der Waals surface area contributed by atoms with Crippen LogP contribution in [0.2, 0.25) is 5.02 Å². The summed E-state index contributed by atoms with van der Waals surface area (Å²) in [5.41, 5.74) is 1.08. The Labute approximate surface area is 146 Å². The summed E-state index contributed by atoms with van der Waals surface area (Å²) >= 11 is 7.73. The molecule has 2 heterocycles. The van der Waals surface area contributed by atoms with Crippen LogP contribution in [0.4, 0.5) is 0 Å². The minimum atomic E-state index is 0.0850. The zero-order valence-electron chi connectivity index (χ0n) is 13.2. The quantitative estimate of drug-likeness (QED) is 0.852. The number of nitrogens with zero attached hydrogens (tertiary/aromatic N) is 1. The van der Waals surface area contributed by atoms with Crippen molar-refractivity contribution < 1.29 is 9.53 Å². The van der Waals surface area contributed by atoms with Crippen LogP contribution in [-0.2, 0) is 15.3 Å². The molecule has 2 fully saturated rings. The lowest BCUT2D eigenvalue weighted by atomic mass is 10.1. The van der Waals surface area contributed by atoms with Crippen LogP contribution in [-0.4, -0.2) is 54.9 Å². The lowest BCUT2D eigenvalue weighted by Gasteiger charge is -2.27. The molecule has 2 aliphatic heterocycles. The van der Waals surface area contributed by atoms with Gasteiger partial charge in [0.05, 0.1) is 31.1 Å². The number of carbonyl (C=O) groups is 1. The molecule has 6 heteroatoms. The van der Waals surface area contributed by atoms with Crippen molar-refractivity contribution in [3.63, 3.8) is 0 Å². The Balaban J connectivity index is 1.43. The van der Waals surface area contributed by atoms with Crippen LogP contribution in [0.15, 0.2) is 24.3 Å². The zero-order valence-corrected chi connectivity index (χ0v) is 14.7. The van der Waals surface area contributed by atoms with Gasteiger partial charge in [0.25, 0.3) is 0 Å². The highest BCUT2D eigenvalue weighted by molar-refractivity contribution is 7.99. The van der Waals surface area contributed by atoms with Crippen LogP contribution in [0, 0.1) is 0 Å². The normalized spacial score (nSPS) is 24.9. The fraction of sp³-hybridized carbons (Fsp3) is 0.588. The van der Waals surface area contributed by atoms with Crippen molar-refractivity contribution in [3.05, 3.63) is 34.9 Å². The van der Waals surface area contributed by atoms with E-state index in [4.69, 9.17) is 16.3 Å². The summed E-state index contributed by atoms with van der Waals surface area (Å²) in [4.78, 5) is 14.6. The number of amides is 1. The number of benzene rings is 1. The van der Waals surface area contributed by atoms with E-state index in [9.17, 15) is 4.79 Å². The van der Waals surface area contributed by atoms with Crippen LogP contribution >= 0.6 is 23.4 Å². The van der Waals surface area contributed by atoms with Gasteiger partial charge in [-0.3, -0.25) is 9.69 Å². The summed E-state index contributed by atoms with van der Waals surface area (Å²) in [5.74, 6) is 1.29. The van der Waals surface area contributed by atoms with E-state index in [1.54, 1.807) is 11.8 Å². The van der Waals surface area contributed by atoms with E-state index < -0.39 is 0 Å². The molecule has 2 saturated heterocycles. The molecule has 0 bridgehead atoms. The molecule has 2 aliphatic rings. The molecule has 126 valence electrons. The second kappa shape index (κ2) is 8.38. The molecular weight excluding hydrogens is 332 g/mol. The van der Waals surface area contributed by atoms with Gasteiger partial charge in [-0.15, -0.1) is 11.8 Å². The van der Waals surface area contributed by atoms with Crippen LogP contribution in [0.25, 0.3) is 0 Å². The molecule has 0 aliphatic carbocycles. The number of likely N-dealkylation sites (tertiary alicyclic amines) is 1. The molecule has 0 unspecified atom stereocenters. The summed E-state index contributed by atoms with van der Waals surface area (Å²) in [5, 5.41) is 3.91. The largest absolute Gasteiger partial charge is 0.378 e. The van der Waals surface area contributed by atoms with Crippen molar-refractivity contribution in [1.29, 1.82) is 0 Å². The van der Waals surface area contributed by atoms with Gasteiger partial charge in [-0.05, 0) is 37.6 Å². The average Bonchev–Trinajstić information content (AvgIpc) is 3.20. The number of hydrogen-bond acceptors (Lipinski definition) is 4. The van der Waals surface area contributed by atoms with E-state index in [0.29, 0.717) is 18.4 Å². The van der Waals surface area contributed by atoms with E-state index in [2.05, 4.69) is 10.2 Å². The minimum Gasteiger partial charge on any atom is -0.378 e. The standard InChI is InChI=1S/C17H23ClN2O2S/c18-14-6-2-1-5-13(14)11-23-12-17(21)19-15-9-22-10-16(15)20-7-3-4-8-20/h1-2,5-6,15-16H,3-4,7-12H2,(H,19,21)/t15-,16-/m1/s1. The predicted octanol–water partition coefficient (Wildman–Crippen LogP) is 2.55. The molecule has 4 nitrogen and oxygen atoms in total. The van der Waals surface area contributed by atoms with E-state index in [1.165, 1.54) is 12.8 Å². The van der Waals surface area contributed by atoms with Crippen molar-refractivity contribution in [1.82, 2.24) is 10.2 Å². The van der Waals surface area contributed by atoms with Gasteiger partial charge in [-0.1, -0.05) is 29.8 Å². The smallest absolute Gasteiger partial charge is 0.230 e. The van der Waals surface area contributed by atoms with Gasteiger partial charge < -0.3 is 10.1 Å². The summed E-state index contributed by atoms with van der Waals surface area (Å²) < 4.78 is 5.59. The third kappa shape index (κ3) is 4.63. The summed E-state index contributed by atoms with van der Waals surface area (Å²) in [6.07, 6.45) is 2.51. The Bertz CT molecular complexity index is 537. The number of ether oxygens (including phenoxy) is 1. The van der Waals surface area contributed by atoms with Gasteiger partial charge in [0.2, 0.25) is 5.91 Å². The lowest BCUT2D eigenvalue weighted by molar-refractivity contribution is -0.119. The number of hydrogen-bond donors (Lipinski definition) is 1. The van der Waals surface area contributed by atoms with Crippen molar-refractivity contribution in [2.24, 2.45) is 0 Å². The lowest BCUT2D eigenvalue weighted by Crippen LogP contribution is -2.50. The Morgan fingerprint density at radius 1 is 1.30 bits per heavy atom. The van der Waals surface area contributed by atoms with Gasteiger partial charge in [-0.25, -0.2) is 0 Å². The summed E-state index contributed by atoms with van der Waals surface area (Å²) in [7, 11) is 0.